The molecule has 0 atom stereocenters. The van der Waals surface area contributed by atoms with E-state index < -0.39 is 6.61 Å². The Morgan fingerprint density at radius 2 is 2.04 bits per heavy atom. The number of ether oxygens (including phenoxy) is 2. The van der Waals surface area contributed by atoms with E-state index in [1.807, 2.05) is 25.1 Å². The summed E-state index contributed by atoms with van der Waals surface area (Å²) in [7, 11) is 1.41. The second-order valence-electron chi connectivity index (χ2n) is 5.32. The van der Waals surface area contributed by atoms with Crippen LogP contribution in [0.4, 0.5) is 8.78 Å². The lowest BCUT2D eigenvalue weighted by atomic mass is 10.1. The standard InChI is InChI=1S/C18H23F2N3O3.HI/c1-3-21-18(23-12-14-5-4-10-25-14)22-9-8-13-6-7-15(24-2)16(11-13)26-17(19)20;/h4-7,10-11,17H,3,8-9,12H2,1-2H3,(H2,21,22,23);1H. The van der Waals surface area contributed by atoms with Crippen molar-refractivity contribution in [2.75, 3.05) is 20.2 Å². The third-order valence-electron chi connectivity index (χ3n) is 3.47. The molecule has 0 fully saturated rings. The Balaban J connectivity index is 0.00000364. The van der Waals surface area contributed by atoms with Crippen molar-refractivity contribution in [3.63, 3.8) is 0 Å². The average Bonchev–Trinajstić information content (AvgIpc) is 3.13. The maximum atomic E-state index is 12.5. The average molecular weight is 495 g/mol. The van der Waals surface area contributed by atoms with Crippen LogP contribution in [0.25, 0.3) is 0 Å². The van der Waals surface area contributed by atoms with Gasteiger partial charge in [-0.15, -0.1) is 24.0 Å². The van der Waals surface area contributed by atoms with Crippen LogP contribution in [-0.4, -0.2) is 32.8 Å². The van der Waals surface area contributed by atoms with E-state index in [0.29, 0.717) is 25.5 Å². The van der Waals surface area contributed by atoms with E-state index in [1.54, 1.807) is 18.4 Å². The SMILES string of the molecule is CCNC(=NCc1ccco1)NCCc1ccc(OC)c(OC(F)F)c1.I. The van der Waals surface area contributed by atoms with Gasteiger partial charge in [0, 0.05) is 13.1 Å². The lowest BCUT2D eigenvalue weighted by Gasteiger charge is -2.13. The van der Waals surface area contributed by atoms with Crippen molar-refractivity contribution in [3.05, 3.63) is 47.9 Å². The molecule has 0 radical (unpaired) electrons. The van der Waals surface area contributed by atoms with Crippen LogP contribution in [0.3, 0.4) is 0 Å². The fourth-order valence-corrected chi connectivity index (χ4v) is 2.29. The molecule has 1 heterocycles. The second kappa shape index (κ2) is 12.4. The number of nitrogens with zero attached hydrogens (tertiary/aromatic N) is 1. The Morgan fingerprint density at radius 1 is 1.22 bits per heavy atom. The number of benzene rings is 1. The van der Waals surface area contributed by atoms with Crippen LogP contribution in [0.15, 0.2) is 46.0 Å². The summed E-state index contributed by atoms with van der Waals surface area (Å²) in [6.07, 6.45) is 2.21. The fourth-order valence-electron chi connectivity index (χ4n) is 2.29. The number of halogens is 3. The van der Waals surface area contributed by atoms with Crippen LogP contribution >= 0.6 is 24.0 Å². The molecule has 9 heteroatoms. The number of rotatable bonds is 9. The smallest absolute Gasteiger partial charge is 0.387 e. The molecule has 1 aromatic carbocycles. The topological polar surface area (TPSA) is 68.0 Å². The van der Waals surface area contributed by atoms with Gasteiger partial charge < -0.3 is 24.5 Å². The fraction of sp³-hybridized carbons (Fsp3) is 0.389. The minimum atomic E-state index is -2.90. The molecule has 2 aromatic rings. The molecule has 0 amide bonds. The van der Waals surface area contributed by atoms with Crippen molar-refractivity contribution in [2.24, 2.45) is 4.99 Å². The monoisotopic (exact) mass is 495 g/mol. The number of methoxy groups -OCH3 is 1. The summed E-state index contributed by atoms with van der Waals surface area (Å²) >= 11 is 0. The molecule has 1 aromatic heterocycles. The summed E-state index contributed by atoms with van der Waals surface area (Å²) in [5.41, 5.74) is 0.843. The first kappa shape index (κ1) is 23.0. The Kier molecular flexibility index (Phi) is 10.5. The lowest BCUT2D eigenvalue weighted by Crippen LogP contribution is -2.38. The van der Waals surface area contributed by atoms with Gasteiger partial charge in [-0.3, -0.25) is 0 Å². The number of hydrogen-bond acceptors (Lipinski definition) is 4. The van der Waals surface area contributed by atoms with Gasteiger partial charge in [0.15, 0.2) is 17.5 Å². The molecule has 0 aliphatic heterocycles. The molecule has 0 unspecified atom stereocenters. The number of nitrogens with one attached hydrogen (secondary N) is 2. The third kappa shape index (κ3) is 8.02. The summed E-state index contributed by atoms with van der Waals surface area (Å²) in [6.45, 7) is 0.800. The summed E-state index contributed by atoms with van der Waals surface area (Å²) < 4.78 is 39.8. The van der Waals surface area contributed by atoms with E-state index in [4.69, 9.17) is 9.15 Å². The predicted molar refractivity (Wildman–Crippen MR) is 110 cm³/mol. The minimum Gasteiger partial charge on any atom is -0.493 e. The maximum absolute atomic E-state index is 12.5. The van der Waals surface area contributed by atoms with Crippen molar-refractivity contribution in [1.29, 1.82) is 0 Å². The van der Waals surface area contributed by atoms with Crippen LogP contribution in [0.1, 0.15) is 18.2 Å². The molecule has 0 bridgehead atoms. The number of furan rings is 1. The molecule has 2 rings (SSSR count). The highest BCUT2D eigenvalue weighted by Crippen LogP contribution is 2.29. The molecule has 2 N–H and O–H groups in total. The third-order valence-corrected chi connectivity index (χ3v) is 3.47. The van der Waals surface area contributed by atoms with E-state index in [2.05, 4.69) is 20.4 Å². The van der Waals surface area contributed by atoms with Crippen molar-refractivity contribution in [1.82, 2.24) is 10.6 Å². The van der Waals surface area contributed by atoms with Gasteiger partial charge in [-0.05, 0) is 43.2 Å². The molecule has 27 heavy (non-hydrogen) atoms. The molecule has 0 aliphatic carbocycles. The van der Waals surface area contributed by atoms with Crippen molar-refractivity contribution in [3.8, 4) is 11.5 Å². The van der Waals surface area contributed by atoms with Crippen LogP contribution in [0.2, 0.25) is 0 Å². The quantitative estimate of drug-likeness (QED) is 0.315. The molecule has 150 valence electrons. The van der Waals surface area contributed by atoms with Gasteiger partial charge in [-0.2, -0.15) is 8.78 Å². The van der Waals surface area contributed by atoms with Crippen LogP contribution in [0.5, 0.6) is 11.5 Å². The molecular formula is C18H24F2IN3O3. The molecule has 6 nitrogen and oxygen atoms in total. The zero-order valence-electron chi connectivity index (χ0n) is 15.2. The first-order valence-corrected chi connectivity index (χ1v) is 8.28. The Bertz CT molecular complexity index is 697. The molecular weight excluding hydrogens is 471 g/mol. The number of hydrogen-bond donors (Lipinski definition) is 2. The van der Waals surface area contributed by atoms with Gasteiger partial charge >= 0.3 is 6.61 Å². The molecule has 0 spiro atoms. The predicted octanol–water partition coefficient (Wildman–Crippen LogP) is 3.81. The maximum Gasteiger partial charge on any atom is 0.387 e. The van der Waals surface area contributed by atoms with Crippen molar-refractivity contribution < 1.29 is 22.7 Å². The van der Waals surface area contributed by atoms with Gasteiger partial charge in [0.05, 0.1) is 13.4 Å². The van der Waals surface area contributed by atoms with Gasteiger partial charge in [0.25, 0.3) is 0 Å². The van der Waals surface area contributed by atoms with E-state index >= 15 is 0 Å². The van der Waals surface area contributed by atoms with E-state index in [9.17, 15) is 8.78 Å². The summed E-state index contributed by atoms with van der Waals surface area (Å²) in [6, 6.07) is 8.65. The molecule has 0 saturated carbocycles. The second-order valence-corrected chi connectivity index (χ2v) is 5.32. The molecule has 0 aliphatic rings. The first-order chi connectivity index (χ1) is 12.6. The zero-order chi connectivity index (χ0) is 18.8. The Morgan fingerprint density at radius 3 is 2.67 bits per heavy atom. The van der Waals surface area contributed by atoms with E-state index in [1.165, 1.54) is 7.11 Å². The van der Waals surface area contributed by atoms with Crippen molar-refractivity contribution in [2.45, 2.75) is 26.5 Å². The highest BCUT2D eigenvalue weighted by molar-refractivity contribution is 14.0. The number of guanidine groups is 1. The van der Waals surface area contributed by atoms with Gasteiger partial charge in [0.2, 0.25) is 0 Å². The zero-order valence-corrected chi connectivity index (χ0v) is 17.5. The number of alkyl halides is 2. The van der Waals surface area contributed by atoms with Crippen LogP contribution in [-0.2, 0) is 13.0 Å². The van der Waals surface area contributed by atoms with Gasteiger partial charge in [-0.25, -0.2) is 4.99 Å². The first-order valence-electron chi connectivity index (χ1n) is 8.28. The highest BCUT2D eigenvalue weighted by atomic mass is 127. The minimum absolute atomic E-state index is 0. The number of aliphatic imine (C=N–C) groups is 1. The van der Waals surface area contributed by atoms with Gasteiger partial charge in [0.1, 0.15) is 12.3 Å². The van der Waals surface area contributed by atoms with Crippen LogP contribution < -0.4 is 20.1 Å². The Labute approximate surface area is 174 Å². The highest BCUT2D eigenvalue weighted by Gasteiger charge is 2.11. The Hall–Kier alpha value is -2.04. The molecule has 0 saturated heterocycles. The summed E-state index contributed by atoms with van der Waals surface area (Å²) in [4.78, 5) is 4.43. The van der Waals surface area contributed by atoms with E-state index in [-0.39, 0.29) is 35.5 Å². The summed E-state index contributed by atoms with van der Waals surface area (Å²) in [5.74, 6) is 1.72. The normalized spacial score (nSPS) is 11.1. The van der Waals surface area contributed by atoms with Crippen LogP contribution in [0, 0.1) is 0 Å². The van der Waals surface area contributed by atoms with Gasteiger partial charge in [-0.1, -0.05) is 6.07 Å². The largest absolute Gasteiger partial charge is 0.493 e. The lowest BCUT2D eigenvalue weighted by molar-refractivity contribution is -0.0512. The van der Waals surface area contributed by atoms with E-state index in [0.717, 1.165) is 17.9 Å². The summed E-state index contributed by atoms with van der Waals surface area (Å²) in [5, 5.41) is 6.34. The van der Waals surface area contributed by atoms with Crippen molar-refractivity contribution >= 4 is 29.9 Å².